The average Bonchev–Trinajstić information content (AvgIpc) is 3.02. The molecule has 0 spiro atoms. The van der Waals surface area contributed by atoms with Crippen LogP contribution in [0.4, 0.5) is 5.69 Å². The van der Waals surface area contributed by atoms with Crippen molar-refractivity contribution in [1.29, 1.82) is 0 Å². The van der Waals surface area contributed by atoms with Crippen LogP contribution in [-0.2, 0) is 11.2 Å². The van der Waals surface area contributed by atoms with Crippen LogP contribution >= 0.6 is 0 Å². The van der Waals surface area contributed by atoms with Crippen molar-refractivity contribution in [3.05, 3.63) is 30.1 Å². The van der Waals surface area contributed by atoms with E-state index < -0.39 is 0 Å². The van der Waals surface area contributed by atoms with E-state index in [0.29, 0.717) is 17.5 Å². The summed E-state index contributed by atoms with van der Waals surface area (Å²) in [6, 6.07) is 7.49. The second kappa shape index (κ2) is 4.78. The van der Waals surface area contributed by atoms with E-state index in [9.17, 15) is 0 Å². The number of rotatable bonds is 3. The SMILES string of the molecule is Nc1ccccc1-c1nc(CC2CCOC2)no1. The smallest absolute Gasteiger partial charge is 0.260 e. The first-order chi connectivity index (χ1) is 8.83. The Labute approximate surface area is 105 Å². The van der Waals surface area contributed by atoms with Gasteiger partial charge in [-0.3, -0.25) is 0 Å². The number of benzene rings is 1. The lowest BCUT2D eigenvalue weighted by molar-refractivity contribution is 0.185. The number of hydrogen-bond acceptors (Lipinski definition) is 5. The van der Waals surface area contributed by atoms with Crippen LogP contribution in [0, 0.1) is 5.92 Å². The molecule has 3 rings (SSSR count). The molecule has 0 aliphatic carbocycles. The van der Waals surface area contributed by atoms with Gasteiger partial charge in [-0.15, -0.1) is 0 Å². The third-order valence-corrected chi connectivity index (χ3v) is 3.15. The summed E-state index contributed by atoms with van der Waals surface area (Å²) in [4.78, 5) is 4.39. The summed E-state index contributed by atoms with van der Waals surface area (Å²) in [7, 11) is 0. The summed E-state index contributed by atoms with van der Waals surface area (Å²) in [6.07, 6.45) is 1.87. The van der Waals surface area contributed by atoms with Gasteiger partial charge in [-0.1, -0.05) is 17.3 Å². The number of anilines is 1. The zero-order valence-corrected chi connectivity index (χ0v) is 10.0. The van der Waals surface area contributed by atoms with E-state index in [1.165, 1.54) is 0 Å². The lowest BCUT2D eigenvalue weighted by Gasteiger charge is -2.01. The lowest BCUT2D eigenvalue weighted by Crippen LogP contribution is -2.04. The fourth-order valence-electron chi connectivity index (χ4n) is 2.14. The van der Waals surface area contributed by atoms with Crippen LogP contribution in [0.3, 0.4) is 0 Å². The molecule has 1 fully saturated rings. The molecule has 0 radical (unpaired) electrons. The third-order valence-electron chi connectivity index (χ3n) is 3.15. The molecule has 5 heteroatoms. The third kappa shape index (κ3) is 2.22. The highest BCUT2D eigenvalue weighted by Gasteiger charge is 2.19. The van der Waals surface area contributed by atoms with Gasteiger partial charge >= 0.3 is 0 Å². The van der Waals surface area contributed by atoms with Crippen LogP contribution in [0.5, 0.6) is 0 Å². The summed E-state index contributed by atoms with van der Waals surface area (Å²) in [5.41, 5.74) is 7.32. The number of nitrogen functional groups attached to an aromatic ring is 1. The van der Waals surface area contributed by atoms with Crippen LogP contribution in [0.2, 0.25) is 0 Å². The van der Waals surface area contributed by atoms with Crippen LogP contribution in [-0.4, -0.2) is 23.4 Å². The lowest BCUT2D eigenvalue weighted by atomic mass is 10.1. The molecular weight excluding hydrogens is 230 g/mol. The molecule has 1 aliphatic heterocycles. The summed E-state index contributed by atoms with van der Waals surface area (Å²) in [5.74, 6) is 1.72. The normalized spacial score (nSPS) is 19.2. The van der Waals surface area contributed by atoms with Gasteiger partial charge in [0.05, 0.1) is 5.56 Å². The monoisotopic (exact) mass is 245 g/mol. The Hall–Kier alpha value is -1.88. The zero-order valence-electron chi connectivity index (χ0n) is 10.0. The van der Waals surface area contributed by atoms with Crippen LogP contribution < -0.4 is 5.73 Å². The maximum Gasteiger partial charge on any atom is 0.260 e. The fraction of sp³-hybridized carbons (Fsp3) is 0.385. The molecule has 1 aliphatic rings. The van der Waals surface area contributed by atoms with Crippen molar-refractivity contribution in [3.63, 3.8) is 0 Å². The molecule has 1 atom stereocenters. The topological polar surface area (TPSA) is 74.2 Å². The Morgan fingerprint density at radius 3 is 3.00 bits per heavy atom. The van der Waals surface area contributed by atoms with E-state index in [1.807, 2.05) is 24.3 Å². The Morgan fingerprint density at radius 1 is 1.33 bits per heavy atom. The van der Waals surface area contributed by atoms with Crippen molar-refractivity contribution in [3.8, 4) is 11.5 Å². The second-order valence-electron chi connectivity index (χ2n) is 4.54. The summed E-state index contributed by atoms with van der Waals surface area (Å²) >= 11 is 0. The van der Waals surface area contributed by atoms with E-state index in [0.717, 1.165) is 37.4 Å². The number of ether oxygens (including phenoxy) is 1. The number of aromatic nitrogens is 2. The quantitative estimate of drug-likeness (QED) is 0.836. The molecule has 5 nitrogen and oxygen atoms in total. The Bertz CT molecular complexity index is 533. The maximum absolute atomic E-state index is 5.88. The van der Waals surface area contributed by atoms with Crippen molar-refractivity contribution in [2.75, 3.05) is 18.9 Å². The predicted molar refractivity (Wildman–Crippen MR) is 66.8 cm³/mol. The molecule has 0 bridgehead atoms. The molecule has 2 N–H and O–H groups in total. The summed E-state index contributed by atoms with van der Waals surface area (Å²) < 4.78 is 10.6. The molecule has 2 heterocycles. The van der Waals surface area contributed by atoms with Crippen LogP contribution in [0.25, 0.3) is 11.5 Å². The first kappa shape index (κ1) is 11.2. The van der Waals surface area contributed by atoms with Gasteiger partial charge in [0.2, 0.25) is 0 Å². The molecule has 2 aromatic rings. The van der Waals surface area contributed by atoms with Gasteiger partial charge in [0.25, 0.3) is 5.89 Å². The summed E-state index contributed by atoms with van der Waals surface area (Å²) in [6.45, 7) is 1.62. The van der Waals surface area contributed by atoms with Gasteiger partial charge in [0.15, 0.2) is 5.82 Å². The highest BCUT2D eigenvalue weighted by molar-refractivity contribution is 5.69. The highest BCUT2D eigenvalue weighted by Crippen LogP contribution is 2.24. The standard InChI is InChI=1S/C13H15N3O2/c14-11-4-2-1-3-10(11)13-15-12(16-18-13)7-9-5-6-17-8-9/h1-4,9H,5-8,14H2. The second-order valence-corrected chi connectivity index (χ2v) is 4.54. The molecular formula is C13H15N3O2. The molecule has 1 unspecified atom stereocenters. The number of hydrogen-bond donors (Lipinski definition) is 1. The number of nitrogens with zero attached hydrogens (tertiary/aromatic N) is 2. The van der Waals surface area contributed by atoms with Gasteiger partial charge in [0, 0.05) is 25.3 Å². The Morgan fingerprint density at radius 2 is 2.22 bits per heavy atom. The first-order valence-electron chi connectivity index (χ1n) is 6.08. The molecule has 0 amide bonds. The molecule has 1 aromatic heterocycles. The van der Waals surface area contributed by atoms with E-state index >= 15 is 0 Å². The van der Waals surface area contributed by atoms with Gasteiger partial charge in [-0.25, -0.2) is 0 Å². The van der Waals surface area contributed by atoms with Crippen molar-refractivity contribution >= 4 is 5.69 Å². The van der Waals surface area contributed by atoms with E-state index in [4.69, 9.17) is 15.0 Å². The van der Waals surface area contributed by atoms with Crippen LogP contribution in [0.1, 0.15) is 12.2 Å². The van der Waals surface area contributed by atoms with Gasteiger partial charge in [-0.05, 0) is 24.5 Å². The maximum atomic E-state index is 5.88. The Kier molecular flexibility index (Phi) is 2.98. The molecule has 0 saturated carbocycles. The van der Waals surface area contributed by atoms with Crippen molar-refractivity contribution < 1.29 is 9.26 Å². The van der Waals surface area contributed by atoms with Gasteiger partial charge in [-0.2, -0.15) is 4.98 Å². The molecule has 1 saturated heterocycles. The predicted octanol–water partition coefficient (Wildman–Crippen LogP) is 1.90. The minimum absolute atomic E-state index is 0.488. The Balaban J connectivity index is 1.79. The van der Waals surface area contributed by atoms with Crippen LogP contribution in [0.15, 0.2) is 28.8 Å². The number of para-hydroxylation sites is 1. The van der Waals surface area contributed by atoms with Crippen molar-refractivity contribution in [2.24, 2.45) is 5.92 Å². The molecule has 18 heavy (non-hydrogen) atoms. The van der Waals surface area contributed by atoms with E-state index in [2.05, 4.69) is 10.1 Å². The van der Waals surface area contributed by atoms with Gasteiger partial charge in [0.1, 0.15) is 0 Å². The largest absolute Gasteiger partial charge is 0.398 e. The average molecular weight is 245 g/mol. The molecule has 94 valence electrons. The zero-order chi connectivity index (χ0) is 12.4. The highest BCUT2D eigenvalue weighted by atomic mass is 16.5. The van der Waals surface area contributed by atoms with Crippen molar-refractivity contribution in [1.82, 2.24) is 10.1 Å². The van der Waals surface area contributed by atoms with E-state index in [-0.39, 0.29) is 0 Å². The fourth-order valence-corrected chi connectivity index (χ4v) is 2.14. The minimum atomic E-state index is 0.488. The van der Waals surface area contributed by atoms with Crippen molar-refractivity contribution in [2.45, 2.75) is 12.8 Å². The van der Waals surface area contributed by atoms with E-state index in [1.54, 1.807) is 0 Å². The molecule has 1 aromatic carbocycles. The first-order valence-corrected chi connectivity index (χ1v) is 6.08. The summed E-state index contributed by atoms with van der Waals surface area (Å²) in [5, 5.41) is 4.00. The van der Waals surface area contributed by atoms with Gasteiger partial charge < -0.3 is 15.0 Å². The number of nitrogens with two attached hydrogens (primary N) is 1. The minimum Gasteiger partial charge on any atom is -0.398 e.